The number of aliphatic hydroxyl groups excluding tert-OH is 2. The maximum Gasteiger partial charge on any atom is 0.251 e. The highest BCUT2D eigenvalue weighted by Gasteiger charge is 2.23. The zero-order valence-electron chi connectivity index (χ0n) is 11.1. The van der Waals surface area contributed by atoms with Gasteiger partial charge in [-0.3, -0.25) is 4.79 Å². The van der Waals surface area contributed by atoms with Gasteiger partial charge >= 0.3 is 0 Å². The van der Waals surface area contributed by atoms with E-state index in [9.17, 15) is 15.0 Å². The van der Waals surface area contributed by atoms with Gasteiger partial charge in [0.2, 0.25) is 0 Å². The summed E-state index contributed by atoms with van der Waals surface area (Å²) in [5.41, 5.74) is 1.55. The monoisotopic (exact) mass is 291 g/mol. The van der Waals surface area contributed by atoms with E-state index in [1.54, 1.807) is 24.3 Å². The van der Waals surface area contributed by atoms with Gasteiger partial charge < -0.3 is 15.5 Å². The van der Waals surface area contributed by atoms with E-state index in [-0.39, 0.29) is 12.5 Å². The number of benzene rings is 1. The second-order valence-electron chi connectivity index (χ2n) is 4.60. The number of thiophene rings is 1. The van der Waals surface area contributed by atoms with E-state index in [1.165, 1.54) is 11.3 Å². The van der Waals surface area contributed by atoms with Crippen LogP contribution in [-0.2, 0) is 0 Å². The molecule has 3 N–H and O–H groups in total. The molecule has 0 saturated carbocycles. The molecule has 1 aromatic carbocycles. The van der Waals surface area contributed by atoms with Crippen LogP contribution in [0.15, 0.2) is 41.8 Å². The molecule has 0 aliphatic heterocycles. The fourth-order valence-electron chi connectivity index (χ4n) is 1.87. The number of aliphatic hydroxyl groups is 2. The third kappa shape index (κ3) is 3.45. The zero-order valence-corrected chi connectivity index (χ0v) is 11.9. The van der Waals surface area contributed by atoms with E-state index in [0.29, 0.717) is 5.56 Å². The summed E-state index contributed by atoms with van der Waals surface area (Å²) in [6, 6.07) is 9.86. The van der Waals surface area contributed by atoms with Crippen molar-refractivity contribution >= 4 is 17.2 Å². The van der Waals surface area contributed by atoms with Gasteiger partial charge in [0.15, 0.2) is 0 Å². The van der Waals surface area contributed by atoms with Crippen LogP contribution in [0.2, 0.25) is 0 Å². The number of hydrogen-bond donors (Lipinski definition) is 3. The minimum atomic E-state index is -0.911. The summed E-state index contributed by atoms with van der Waals surface area (Å²) in [7, 11) is 0. The number of carbonyl (C=O) groups is 1. The van der Waals surface area contributed by atoms with Gasteiger partial charge in [0.1, 0.15) is 6.10 Å². The fourth-order valence-corrected chi connectivity index (χ4v) is 2.82. The third-order valence-corrected chi connectivity index (χ3v) is 4.09. The normalized spacial score (nSPS) is 13.8. The number of aryl methyl sites for hydroxylation is 1. The Morgan fingerprint density at radius 3 is 2.60 bits per heavy atom. The van der Waals surface area contributed by atoms with Gasteiger partial charge in [0, 0.05) is 10.4 Å². The van der Waals surface area contributed by atoms with Gasteiger partial charge in [-0.2, -0.15) is 0 Å². The van der Waals surface area contributed by atoms with Gasteiger partial charge in [-0.05, 0) is 36.1 Å². The Bertz CT molecular complexity index is 568. The Hall–Kier alpha value is -1.69. The molecule has 1 aromatic heterocycles. The molecule has 1 heterocycles. The Balaban J connectivity index is 2.07. The molecule has 2 aromatic rings. The van der Waals surface area contributed by atoms with Crippen LogP contribution in [0, 0.1) is 6.92 Å². The Labute approximate surface area is 121 Å². The summed E-state index contributed by atoms with van der Waals surface area (Å²) >= 11 is 1.41. The average Bonchev–Trinajstić information content (AvgIpc) is 2.91. The number of carbonyl (C=O) groups excluding carboxylic acids is 1. The van der Waals surface area contributed by atoms with Gasteiger partial charge in [-0.15, -0.1) is 11.3 Å². The van der Waals surface area contributed by atoms with Gasteiger partial charge in [-0.1, -0.05) is 18.2 Å². The van der Waals surface area contributed by atoms with Crippen molar-refractivity contribution in [3.05, 3.63) is 57.8 Å². The zero-order chi connectivity index (χ0) is 14.5. The molecule has 0 spiro atoms. The van der Waals surface area contributed by atoms with Gasteiger partial charge in [0.05, 0.1) is 12.6 Å². The number of nitrogens with one attached hydrogen (secondary N) is 1. The fraction of sp³-hybridized carbons (Fsp3) is 0.267. The van der Waals surface area contributed by atoms with Crippen molar-refractivity contribution in [3.63, 3.8) is 0 Å². The predicted octanol–water partition coefficient (Wildman–Crippen LogP) is 1.88. The van der Waals surface area contributed by atoms with Crippen LogP contribution >= 0.6 is 11.3 Å². The lowest BCUT2D eigenvalue weighted by Crippen LogP contribution is -2.41. The minimum Gasteiger partial charge on any atom is -0.394 e. The van der Waals surface area contributed by atoms with Gasteiger partial charge in [-0.25, -0.2) is 0 Å². The molecule has 5 heteroatoms. The van der Waals surface area contributed by atoms with Crippen molar-refractivity contribution < 1.29 is 15.0 Å². The lowest BCUT2D eigenvalue weighted by Gasteiger charge is -2.21. The first-order valence-corrected chi connectivity index (χ1v) is 7.19. The van der Waals surface area contributed by atoms with Crippen LogP contribution in [0.1, 0.15) is 26.9 Å². The number of rotatable bonds is 5. The molecule has 0 aliphatic rings. The molecule has 106 valence electrons. The molecular weight excluding hydrogens is 274 g/mol. The SMILES string of the molecule is Cc1csc([C@@H](O)[C@@H](CO)NC(=O)c2ccccc2)c1. The van der Waals surface area contributed by atoms with Crippen molar-refractivity contribution in [2.75, 3.05) is 6.61 Å². The molecule has 2 rings (SSSR count). The molecular formula is C15H17NO3S. The van der Waals surface area contributed by atoms with Crippen LogP contribution in [0.5, 0.6) is 0 Å². The van der Waals surface area contributed by atoms with Crippen LogP contribution in [0.4, 0.5) is 0 Å². The molecule has 0 bridgehead atoms. The Morgan fingerprint density at radius 2 is 2.05 bits per heavy atom. The van der Waals surface area contributed by atoms with Crippen LogP contribution in [0.25, 0.3) is 0 Å². The van der Waals surface area contributed by atoms with E-state index in [1.807, 2.05) is 24.4 Å². The maximum absolute atomic E-state index is 12.0. The van der Waals surface area contributed by atoms with Gasteiger partial charge in [0.25, 0.3) is 5.91 Å². The summed E-state index contributed by atoms with van der Waals surface area (Å²) < 4.78 is 0. The summed E-state index contributed by atoms with van der Waals surface area (Å²) in [5.74, 6) is -0.308. The molecule has 2 atom stereocenters. The molecule has 20 heavy (non-hydrogen) atoms. The van der Waals surface area contributed by atoms with Crippen molar-refractivity contribution in [2.45, 2.75) is 19.1 Å². The van der Waals surface area contributed by atoms with E-state index in [2.05, 4.69) is 5.32 Å². The highest BCUT2D eigenvalue weighted by molar-refractivity contribution is 7.10. The topological polar surface area (TPSA) is 69.6 Å². The van der Waals surface area contributed by atoms with Crippen molar-refractivity contribution in [1.82, 2.24) is 5.32 Å². The quantitative estimate of drug-likeness (QED) is 0.788. The highest BCUT2D eigenvalue weighted by atomic mass is 32.1. The van der Waals surface area contributed by atoms with Crippen molar-refractivity contribution in [1.29, 1.82) is 0 Å². The largest absolute Gasteiger partial charge is 0.394 e. The van der Waals surface area contributed by atoms with E-state index >= 15 is 0 Å². The molecule has 4 nitrogen and oxygen atoms in total. The molecule has 0 radical (unpaired) electrons. The van der Waals surface area contributed by atoms with Crippen LogP contribution < -0.4 is 5.32 Å². The summed E-state index contributed by atoms with van der Waals surface area (Å²) in [6.45, 7) is 1.61. The first-order chi connectivity index (χ1) is 9.61. The van der Waals surface area contributed by atoms with Crippen LogP contribution in [-0.4, -0.2) is 28.8 Å². The Kier molecular flexibility index (Phi) is 4.89. The van der Waals surface area contributed by atoms with Crippen molar-refractivity contribution in [2.24, 2.45) is 0 Å². The minimum absolute atomic E-state index is 0.308. The molecule has 0 aliphatic carbocycles. The van der Waals surface area contributed by atoms with Crippen molar-refractivity contribution in [3.8, 4) is 0 Å². The van der Waals surface area contributed by atoms with E-state index in [4.69, 9.17) is 0 Å². The van der Waals surface area contributed by atoms with E-state index in [0.717, 1.165) is 10.4 Å². The maximum atomic E-state index is 12.0. The average molecular weight is 291 g/mol. The second-order valence-corrected chi connectivity index (χ2v) is 5.54. The molecule has 0 saturated heterocycles. The first kappa shape index (κ1) is 14.7. The molecule has 0 fully saturated rings. The highest BCUT2D eigenvalue weighted by Crippen LogP contribution is 2.24. The second kappa shape index (κ2) is 6.65. The standard InChI is InChI=1S/C15H17NO3S/c1-10-7-13(20-9-10)14(18)12(8-17)16-15(19)11-5-3-2-4-6-11/h2-7,9,12,14,17-18H,8H2,1H3,(H,16,19)/t12-,14+/m1/s1. The van der Waals surface area contributed by atoms with Crippen LogP contribution in [0.3, 0.4) is 0 Å². The number of hydrogen-bond acceptors (Lipinski definition) is 4. The molecule has 1 amide bonds. The lowest BCUT2D eigenvalue weighted by molar-refractivity contribution is 0.0714. The number of amides is 1. The summed E-state index contributed by atoms with van der Waals surface area (Å²) in [4.78, 5) is 12.8. The smallest absolute Gasteiger partial charge is 0.251 e. The molecule has 0 unspecified atom stereocenters. The predicted molar refractivity (Wildman–Crippen MR) is 78.8 cm³/mol. The Morgan fingerprint density at radius 1 is 1.35 bits per heavy atom. The third-order valence-electron chi connectivity index (χ3n) is 2.97. The summed E-state index contributed by atoms with van der Waals surface area (Å²) in [6.07, 6.45) is -0.911. The summed E-state index contributed by atoms with van der Waals surface area (Å²) in [5, 5.41) is 24.2. The lowest BCUT2D eigenvalue weighted by atomic mass is 10.1. The van der Waals surface area contributed by atoms with E-state index < -0.39 is 12.1 Å². The first-order valence-electron chi connectivity index (χ1n) is 6.31.